The van der Waals surface area contributed by atoms with Crippen LogP contribution in [0, 0.1) is 22.7 Å². The van der Waals surface area contributed by atoms with Crippen molar-refractivity contribution in [2.45, 2.75) is 96.8 Å². The minimum atomic E-state index is -1.43. The summed E-state index contributed by atoms with van der Waals surface area (Å²) in [5, 5.41) is 52.6. The van der Waals surface area contributed by atoms with Gasteiger partial charge in [0.1, 0.15) is 17.1 Å². The molecule has 8 atom stereocenters. The van der Waals surface area contributed by atoms with Crippen LogP contribution in [0.25, 0.3) is 0 Å². The maximum atomic E-state index is 13.2. The summed E-state index contributed by atoms with van der Waals surface area (Å²) < 4.78 is 6.88. The Morgan fingerprint density at radius 2 is 1.86 bits per heavy atom. The Labute approximate surface area is 210 Å². The van der Waals surface area contributed by atoms with Gasteiger partial charge in [-0.2, -0.15) is 0 Å². The van der Waals surface area contributed by atoms with E-state index in [2.05, 4.69) is 13.8 Å². The molecule has 0 saturated heterocycles. The Morgan fingerprint density at radius 3 is 2.47 bits per heavy atom. The van der Waals surface area contributed by atoms with Crippen molar-refractivity contribution in [3.63, 3.8) is 0 Å². The van der Waals surface area contributed by atoms with Gasteiger partial charge in [0.25, 0.3) is 5.91 Å². The highest BCUT2D eigenvalue weighted by atomic mass is 16.5. The molecule has 0 radical (unpaired) electrons. The normalized spacial score (nSPS) is 38.2. The number of ether oxygens (including phenoxy) is 1. The predicted octanol–water partition coefficient (Wildman–Crippen LogP) is 2.06. The molecule has 36 heavy (non-hydrogen) atoms. The van der Waals surface area contributed by atoms with Gasteiger partial charge in [0, 0.05) is 23.0 Å². The fourth-order valence-electron chi connectivity index (χ4n) is 8.25. The van der Waals surface area contributed by atoms with Crippen molar-refractivity contribution in [3.05, 3.63) is 22.8 Å². The second kappa shape index (κ2) is 7.82. The van der Waals surface area contributed by atoms with Crippen LogP contribution in [0.15, 0.2) is 6.07 Å². The number of carbonyl (C=O) groups excluding carboxylic acids is 1. The molecule has 9 heteroatoms. The minimum absolute atomic E-state index is 0.0456. The summed E-state index contributed by atoms with van der Waals surface area (Å²) in [5.41, 5.74) is -0.586. The number of rotatable bonds is 3. The van der Waals surface area contributed by atoms with Gasteiger partial charge in [-0.05, 0) is 49.5 Å². The summed E-state index contributed by atoms with van der Waals surface area (Å²) >= 11 is 0. The van der Waals surface area contributed by atoms with E-state index in [9.17, 15) is 35.1 Å². The zero-order valence-electron chi connectivity index (χ0n) is 21.5. The smallest absolute Gasteiger partial charge is 0.329 e. The lowest BCUT2D eigenvalue weighted by Crippen LogP contribution is -2.69. The van der Waals surface area contributed by atoms with E-state index in [0.717, 1.165) is 17.7 Å². The molecule has 5 rings (SSSR count). The van der Waals surface area contributed by atoms with Crippen molar-refractivity contribution in [1.29, 1.82) is 0 Å². The van der Waals surface area contributed by atoms with Crippen molar-refractivity contribution in [3.8, 4) is 11.5 Å². The summed E-state index contributed by atoms with van der Waals surface area (Å²) in [6, 6.07) is -0.0411. The third kappa shape index (κ3) is 3.05. The number of nitrogens with zero attached hydrogens (tertiary/aromatic N) is 1. The van der Waals surface area contributed by atoms with Crippen LogP contribution in [0.3, 0.4) is 0 Å². The highest BCUT2D eigenvalue weighted by Crippen LogP contribution is 2.67. The van der Waals surface area contributed by atoms with Gasteiger partial charge in [-0.25, -0.2) is 4.79 Å². The second-order valence-corrected chi connectivity index (χ2v) is 12.3. The Balaban J connectivity index is 1.61. The first-order valence-corrected chi connectivity index (χ1v) is 12.8. The Kier molecular flexibility index (Phi) is 5.50. The standard InChI is InChI=1S/C27H37NO8/c1-12-6-7-19-25(3,4)22(32)18(31)10-26(19,5)27(12)9-15-17(30)8-14-16(21(15)36-27)11-28(23(14)33)20(13(2)29)24(34)35/h8,12-13,18-20,22,29-32H,6-7,9-11H2,1-5H3,(H,34,35). The van der Waals surface area contributed by atoms with Gasteiger partial charge in [-0.15, -0.1) is 0 Å². The maximum absolute atomic E-state index is 13.2. The largest absolute Gasteiger partial charge is 0.508 e. The van der Waals surface area contributed by atoms with Crippen LogP contribution in [0.4, 0.5) is 0 Å². The van der Waals surface area contributed by atoms with Crippen molar-refractivity contribution in [2.75, 3.05) is 0 Å². The zero-order valence-corrected chi connectivity index (χ0v) is 21.5. The van der Waals surface area contributed by atoms with Crippen LogP contribution in [-0.2, 0) is 17.8 Å². The highest BCUT2D eigenvalue weighted by molar-refractivity contribution is 6.02. The molecule has 198 valence electrons. The van der Waals surface area contributed by atoms with E-state index >= 15 is 0 Å². The van der Waals surface area contributed by atoms with Gasteiger partial charge in [-0.1, -0.05) is 27.7 Å². The predicted molar refractivity (Wildman–Crippen MR) is 129 cm³/mol. The molecule has 1 aromatic rings. The van der Waals surface area contributed by atoms with Gasteiger partial charge in [0.2, 0.25) is 0 Å². The number of carboxylic acids is 1. The van der Waals surface area contributed by atoms with Gasteiger partial charge in [-0.3, -0.25) is 4.79 Å². The summed E-state index contributed by atoms with van der Waals surface area (Å²) in [6.45, 7) is 9.48. The van der Waals surface area contributed by atoms with Crippen molar-refractivity contribution in [1.82, 2.24) is 4.90 Å². The summed E-state index contributed by atoms with van der Waals surface area (Å²) in [7, 11) is 0. The molecule has 2 fully saturated rings. The number of aliphatic carboxylic acids is 1. The lowest BCUT2D eigenvalue weighted by atomic mass is 9.43. The number of benzene rings is 1. The molecule has 1 aromatic carbocycles. The molecule has 1 spiro atoms. The molecule has 8 unspecified atom stereocenters. The molecule has 4 aliphatic rings. The summed E-state index contributed by atoms with van der Waals surface area (Å²) in [5.74, 6) is -1.43. The number of aromatic hydroxyl groups is 1. The molecule has 2 aliphatic carbocycles. The third-order valence-corrected chi connectivity index (χ3v) is 10.1. The van der Waals surface area contributed by atoms with Crippen molar-refractivity contribution < 1.29 is 39.9 Å². The number of carboxylic acid groups (broad SMARTS) is 1. The van der Waals surface area contributed by atoms with E-state index in [0.29, 0.717) is 29.7 Å². The number of phenolic OH excluding ortho intramolecular Hbond substituents is 1. The van der Waals surface area contributed by atoms with Crippen LogP contribution >= 0.6 is 0 Å². The SMILES string of the molecule is CC(O)C(C(=O)O)N1Cc2c(cc(O)c3c2OC2(C3)C(C)CCC3C(C)(C)C(O)C(O)CC32C)C1=O. The van der Waals surface area contributed by atoms with Crippen LogP contribution < -0.4 is 4.74 Å². The molecule has 0 aromatic heterocycles. The second-order valence-electron chi connectivity index (χ2n) is 12.3. The highest BCUT2D eigenvalue weighted by Gasteiger charge is 2.69. The molecular weight excluding hydrogens is 466 g/mol. The number of phenols is 1. The zero-order chi connectivity index (χ0) is 26.5. The number of aliphatic hydroxyl groups is 3. The monoisotopic (exact) mass is 503 g/mol. The van der Waals surface area contributed by atoms with Crippen molar-refractivity contribution >= 4 is 11.9 Å². The average molecular weight is 504 g/mol. The number of hydrogen-bond donors (Lipinski definition) is 5. The van der Waals surface area contributed by atoms with Gasteiger partial charge in [0.15, 0.2) is 6.04 Å². The first-order chi connectivity index (χ1) is 16.7. The maximum Gasteiger partial charge on any atom is 0.329 e. The Morgan fingerprint density at radius 1 is 1.19 bits per heavy atom. The number of amides is 1. The molecular formula is C27H37NO8. The lowest BCUT2D eigenvalue weighted by Gasteiger charge is -2.64. The quantitative estimate of drug-likeness (QED) is 0.421. The number of hydrogen-bond acceptors (Lipinski definition) is 7. The first kappa shape index (κ1) is 25.3. The molecule has 2 aliphatic heterocycles. The number of carbonyl (C=O) groups is 2. The van der Waals surface area contributed by atoms with E-state index in [1.807, 2.05) is 13.8 Å². The fraction of sp³-hybridized carbons (Fsp3) is 0.704. The van der Waals surface area contributed by atoms with E-state index in [4.69, 9.17) is 4.74 Å². The first-order valence-electron chi connectivity index (χ1n) is 12.8. The average Bonchev–Trinajstić information content (AvgIpc) is 3.32. The number of fused-ring (bicyclic) bond motifs is 5. The van der Waals surface area contributed by atoms with E-state index in [1.165, 1.54) is 13.0 Å². The minimum Gasteiger partial charge on any atom is -0.508 e. The Hall–Kier alpha value is -2.36. The fourth-order valence-corrected chi connectivity index (χ4v) is 8.25. The van der Waals surface area contributed by atoms with Gasteiger partial charge in [0.05, 0.1) is 30.4 Å². The lowest BCUT2D eigenvalue weighted by molar-refractivity contribution is -0.240. The topological polar surface area (TPSA) is 148 Å². The third-order valence-electron chi connectivity index (χ3n) is 10.1. The van der Waals surface area contributed by atoms with Crippen LogP contribution in [-0.4, -0.2) is 72.3 Å². The number of aliphatic hydroxyl groups excluding tert-OH is 3. The van der Waals surface area contributed by atoms with E-state index in [1.54, 1.807) is 0 Å². The van der Waals surface area contributed by atoms with Gasteiger partial charge >= 0.3 is 5.97 Å². The molecule has 9 nitrogen and oxygen atoms in total. The summed E-state index contributed by atoms with van der Waals surface area (Å²) in [4.78, 5) is 26.2. The van der Waals surface area contributed by atoms with Crippen LogP contribution in [0.1, 0.15) is 75.4 Å². The molecule has 2 saturated carbocycles. The van der Waals surface area contributed by atoms with E-state index in [-0.39, 0.29) is 29.7 Å². The van der Waals surface area contributed by atoms with Gasteiger partial charge < -0.3 is 35.2 Å². The molecule has 2 heterocycles. The molecule has 5 N–H and O–H groups in total. The Bertz CT molecular complexity index is 1130. The van der Waals surface area contributed by atoms with E-state index < -0.39 is 52.7 Å². The van der Waals surface area contributed by atoms with Crippen LogP contribution in [0.5, 0.6) is 11.5 Å². The van der Waals surface area contributed by atoms with Crippen LogP contribution in [0.2, 0.25) is 0 Å². The summed E-state index contributed by atoms with van der Waals surface area (Å²) in [6.07, 6.45) is -0.612. The molecule has 1 amide bonds. The molecule has 0 bridgehead atoms. The van der Waals surface area contributed by atoms with Crippen molar-refractivity contribution in [2.24, 2.45) is 22.7 Å².